The van der Waals surface area contributed by atoms with Crippen LogP contribution in [0.4, 0.5) is 11.5 Å². The number of methoxy groups -OCH3 is 1. The summed E-state index contributed by atoms with van der Waals surface area (Å²) in [4.78, 5) is 8.78. The summed E-state index contributed by atoms with van der Waals surface area (Å²) < 4.78 is 5.33. The Morgan fingerprint density at radius 2 is 1.92 bits per heavy atom. The monoisotopic (exact) mass is 371 g/mol. The zero-order chi connectivity index (χ0) is 18.5. The van der Waals surface area contributed by atoms with Gasteiger partial charge in [-0.3, -0.25) is 0 Å². The van der Waals surface area contributed by atoms with Crippen LogP contribution >= 0.6 is 11.6 Å². The Hall–Kier alpha value is -2.53. The Labute approximate surface area is 158 Å². The van der Waals surface area contributed by atoms with Crippen LogP contribution < -0.4 is 10.1 Å². The van der Waals surface area contributed by atoms with Gasteiger partial charge < -0.3 is 15.2 Å². The van der Waals surface area contributed by atoms with Crippen molar-refractivity contribution in [2.24, 2.45) is 0 Å². The van der Waals surface area contributed by atoms with Gasteiger partial charge in [-0.15, -0.1) is 0 Å². The molecular weight excluding hydrogens is 350 g/mol. The highest BCUT2D eigenvalue weighted by molar-refractivity contribution is 6.30. The Morgan fingerprint density at radius 3 is 2.62 bits per heavy atom. The van der Waals surface area contributed by atoms with Crippen LogP contribution in [0.2, 0.25) is 5.02 Å². The van der Waals surface area contributed by atoms with Gasteiger partial charge in [-0.1, -0.05) is 31.4 Å². The number of ether oxygens (including phenoxy) is 1. The molecular formula is C20H22ClN3O2. The fourth-order valence-corrected chi connectivity index (χ4v) is 3.11. The van der Waals surface area contributed by atoms with E-state index in [0.717, 1.165) is 47.8 Å². The fourth-order valence-electron chi connectivity index (χ4n) is 2.98. The second kappa shape index (κ2) is 8.23. The third-order valence-electron chi connectivity index (χ3n) is 4.32. The van der Waals surface area contributed by atoms with E-state index in [2.05, 4.69) is 22.2 Å². The van der Waals surface area contributed by atoms with E-state index in [0.29, 0.717) is 16.6 Å². The van der Waals surface area contributed by atoms with Crippen LogP contribution in [0.3, 0.4) is 0 Å². The van der Waals surface area contributed by atoms with E-state index in [9.17, 15) is 5.11 Å². The number of aromatic hydroxyl groups is 1. The number of aryl methyl sites for hydroxylation is 1. The summed E-state index contributed by atoms with van der Waals surface area (Å²) in [5.41, 5.74) is 2.41. The first-order valence-electron chi connectivity index (χ1n) is 8.70. The molecule has 0 spiro atoms. The maximum Gasteiger partial charge on any atom is 0.162 e. The van der Waals surface area contributed by atoms with Crippen molar-refractivity contribution >= 4 is 34.0 Å². The number of unbranched alkanes of at least 4 members (excludes halogenated alkanes) is 2. The largest absolute Gasteiger partial charge is 0.504 e. The van der Waals surface area contributed by atoms with E-state index < -0.39 is 0 Å². The molecule has 0 fully saturated rings. The minimum absolute atomic E-state index is 0.157. The third-order valence-corrected chi connectivity index (χ3v) is 4.57. The highest BCUT2D eigenvalue weighted by Gasteiger charge is 2.17. The summed E-state index contributed by atoms with van der Waals surface area (Å²) in [6.07, 6.45) is 5.41. The van der Waals surface area contributed by atoms with Crippen molar-refractivity contribution in [3.8, 4) is 11.5 Å². The average molecular weight is 372 g/mol. The van der Waals surface area contributed by atoms with E-state index in [-0.39, 0.29) is 5.75 Å². The quantitative estimate of drug-likeness (QED) is 0.539. The summed E-state index contributed by atoms with van der Waals surface area (Å²) >= 11 is 5.96. The number of rotatable bonds is 7. The number of halogens is 1. The lowest BCUT2D eigenvalue weighted by molar-refractivity contribution is 0.371. The number of phenols is 1. The Morgan fingerprint density at radius 1 is 1.15 bits per heavy atom. The standard InChI is InChI=1S/C20H22ClN3O2/c1-3-4-5-6-15-18-16(11-17(26-2)19(15)25)22-12-23-20(18)24-14-9-7-13(21)8-10-14/h7-12,25H,3-6H2,1-2H3,(H,22,23,24). The Bertz CT molecular complexity index is 898. The maximum absolute atomic E-state index is 10.7. The number of hydrogen-bond donors (Lipinski definition) is 2. The topological polar surface area (TPSA) is 67.3 Å². The van der Waals surface area contributed by atoms with Crippen LogP contribution in [0, 0.1) is 0 Å². The van der Waals surface area contributed by atoms with Crippen molar-refractivity contribution in [2.75, 3.05) is 12.4 Å². The molecule has 0 unspecified atom stereocenters. The molecule has 3 rings (SSSR count). The van der Waals surface area contributed by atoms with Gasteiger partial charge in [0.15, 0.2) is 11.5 Å². The summed E-state index contributed by atoms with van der Waals surface area (Å²) in [5.74, 6) is 1.24. The molecule has 26 heavy (non-hydrogen) atoms. The van der Waals surface area contributed by atoms with Gasteiger partial charge in [0.25, 0.3) is 0 Å². The summed E-state index contributed by atoms with van der Waals surface area (Å²) in [5, 5.41) is 15.5. The van der Waals surface area contributed by atoms with Crippen LogP contribution in [0.1, 0.15) is 31.7 Å². The first-order valence-corrected chi connectivity index (χ1v) is 9.08. The van der Waals surface area contributed by atoms with Gasteiger partial charge >= 0.3 is 0 Å². The number of nitrogens with one attached hydrogen (secondary N) is 1. The maximum atomic E-state index is 10.7. The first-order chi connectivity index (χ1) is 12.6. The second-order valence-electron chi connectivity index (χ2n) is 6.11. The molecule has 2 N–H and O–H groups in total. The number of aromatic nitrogens is 2. The molecule has 0 saturated heterocycles. The number of phenolic OH excluding ortho intramolecular Hbond substituents is 1. The zero-order valence-corrected chi connectivity index (χ0v) is 15.7. The van der Waals surface area contributed by atoms with E-state index in [1.165, 1.54) is 6.33 Å². The second-order valence-corrected chi connectivity index (χ2v) is 6.55. The van der Waals surface area contributed by atoms with Crippen molar-refractivity contribution in [3.63, 3.8) is 0 Å². The molecule has 3 aromatic rings. The van der Waals surface area contributed by atoms with Crippen LogP contribution in [-0.2, 0) is 6.42 Å². The molecule has 1 aromatic heterocycles. The van der Waals surface area contributed by atoms with Gasteiger partial charge in [0, 0.05) is 22.3 Å². The van der Waals surface area contributed by atoms with Gasteiger partial charge in [0.05, 0.1) is 18.0 Å². The molecule has 0 aliphatic heterocycles. The lowest BCUT2D eigenvalue weighted by Gasteiger charge is -2.15. The van der Waals surface area contributed by atoms with E-state index in [1.54, 1.807) is 13.2 Å². The molecule has 1 heterocycles. The fraction of sp³-hybridized carbons (Fsp3) is 0.300. The Kier molecular flexibility index (Phi) is 5.78. The highest BCUT2D eigenvalue weighted by Crippen LogP contribution is 2.39. The van der Waals surface area contributed by atoms with Crippen molar-refractivity contribution in [2.45, 2.75) is 32.6 Å². The summed E-state index contributed by atoms with van der Waals surface area (Å²) in [7, 11) is 1.55. The molecule has 2 aromatic carbocycles. The normalized spacial score (nSPS) is 10.9. The van der Waals surface area contributed by atoms with Crippen LogP contribution in [0.15, 0.2) is 36.7 Å². The number of anilines is 2. The molecule has 0 bridgehead atoms. The van der Waals surface area contributed by atoms with Gasteiger partial charge in [-0.2, -0.15) is 0 Å². The van der Waals surface area contributed by atoms with E-state index >= 15 is 0 Å². The van der Waals surface area contributed by atoms with Gasteiger partial charge in [0.1, 0.15) is 12.1 Å². The summed E-state index contributed by atoms with van der Waals surface area (Å²) in [6, 6.07) is 9.14. The van der Waals surface area contributed by atoms with Crippen molar-refractivity contribution in [1.82, 2.24) is 9.97 Å². The van der Waals surface area contributed by atoms with Gasteiger partial charge in [-0.05, 0) is 37.1 Å². The van der Waals surface area contributed by atoms with Crippen molar-refractivity contribution < 1.29 is 9.84 Å². The zero-order valence-electron chi connectivity index (χ0n) is 14.9. The third kappa shape index (κ3) is 3.83. The number of fused-ring (bicyclic) bond motifs is 1. The van der Waals surface area contributed by atoms with Crippen molar-refractivity contribution in [1.29, 1.82) is 0 Å². The molecule has 136 valence electrons. The Balaban J connectivity index is 2.10. The molecule has 0 aliphatic carbocycles. The lowest BCUT2D eigenvalue weighted by Crippen LogP contribution is -2.01. The SMILES string of the molecule is CCCCCc1c(O)c(OC)cc2ncnc(Nc3ccc(Cl)cc3)c12. The molecule has 6 heteroatoms. The summed E-state index contributed by atoms with van der Waals surface area (Å²) in [6.45, 7) is 2.15. The molecule has 0 saturated carbocycles. The lowest BCUT2D eigenvalue weighted by atomic mass is 10.0. The minimum Gasteiger partial charge on any atom is -0.504 e. The predicted molar refractivity (Wildman–Crippen MR) is 106 cm³/mol. The van der Waals surface area contributed by atoms with Crippen LogP contribution in [-0.4, -0.2) is 22.2 Å². The highest BCUT2D eigenvalue weighted by atomic mass is 35.5. The predicted octanol–water partition coefficient (Wildman–Crippen LogP) is 5.47. The smallest absolute Gasteiger partial charge is 0.162 e. The minimum atomic E-state index is 0.157. The molecule has 0 radical (unpaired) electrons. The molecule has 0 aliphatic rings. The number of nitrogens with zero attached hydrogens (tertiary/aromatic N) is 2. The number of benzene rings is 2. The van der Waals surface area contributed by atoms with Crippen molar-refractivity contribution in [3.05, 3.63) is 47.2 Å². The first kappa shape index (κ1) is 18.3. The van der Waals surface area contributed by atoms with Crippen LogP contribution in [0.25, 0.3) is 10.9 Å². The van der Waals surface area contributed by atoms with Crippen LogP contribution in [0.5, 0.6) is 11.5 Å². The average Bonchev–Trinajstić information content (AvgIpc) is 2.65. The molecule has 0 atom stereocenters. The number of hydrogen-bond acceptors (Lipinski definition) is 5. The van der Waals surface area contributed by atoms with E-state index in [1.807, 2.05) is 24.3 Å². The van der Waals surface area contributed by atoms with Gasteiger partial charge in [-0.25, -0.2) is 9.97 Å². The molecule has 0 amide bonds. The van der Waals surface area contributed by atoms with E-state index in [4.69, 9.17) is 16.3 Å². The van der Waals surface area contributed by atoms with Gasteiger partial charge in [0.2, 0.25) is 0 Å². The molecule has 5 nitrogen and oxygen atoms in total.